The number of hydrogen-bond acceptors (Lipinski definition) is 7. The van der Waals surface area contributed by atoms with Gasteiger partial charge in [0.05, 0.1) is 0 Å². The topological polar surface area (TPSA) is 87.1 Å². The molecule has 7 aromatic rings. The fraction of sp³-hybridized carbons (Fsp3) is 0.0244. The van der Waals surface area contributed by atoms with Crippen LogP contribution in [0.15, 0.2) is 168 Å². The van der Waals surface area contributed by atoms with E-state index in [4.69, 9.17) is 13.6 Å². The molecule has 0 N–H and O–H groups in total. The molecule has 0 aliphatic heterocycles. The molecular weight excluding hydrogens is 596 g/mol. The van der Waals surface area contributed by atoms with Gasteiger partial charge < -0.3 is 13.6 Å². The van der Waals surface area contributed by atoms with Gasteiger partial charge in [-0.2, -0.15) is 0 Å². The minimum atomic E-state index is 0.430. The number of ether oxygens (including phenoxy) is 1. The monoisotopic (exact) mass is 628 g/mol. The van der Waals surface area contributed by atoms with Crippen molar-refractivity contribution in [3.8, 4) is 68.4 Å². The zero-order chi connectivity index (χ0) is 33.3. The molecule has 7 rings (SSSR count). The quantitative estimate of drug-likeness (QED) is 0.116. The summed E-state index contributed by atoms with van der Waals surface area (Å²) in [6.07, 6.45) is 3.94. The SMILES string of the molecule is C=C.C=C(/C=C\C)c1ccc(-c2nnc(-c3ccc(Oc4ccc(-c5nnc(-c6ccc(-c7ccccc7)cc6)o5)cc4)cc3)o2)cc1. The van der Waals surface area contributed by atoms with Gasteiger partial charge in [0.15, 0.2) is 0 Å². The predicted molar refractivity (Wildman–Crippen MR) is 191 cm³/mol. The van der Waals surface area contributed by atoms with E-state index in [0.717, 1.165) is 44.5 Å². The van der Waals surface area contributed by atoms with Crippen LogP contribution in [0.4, 0.5) is 0 Å². The van der Waals surface area contributed by atoms with Crippen molar-refractivity contribution < 1.29 is 13.6 Å². The number of allylic oxidation sites excluding steroid dienone is 3. The highest BCUT2D eigenvalue weighted by molar-refractivity contribution is 5.73. The molecule has 0 aliphatic rings. The standard InChI is InChI=1S/C39H28N4O3.C2H4/c1-3-7-26(2)27-10-14-30(15-11-27)36-40-42-38(45-36)32-18-22-34(23-19-32)44-35-24-20-33(21-25-35)39-43-41-37(46-39)31-16-12-29(13-17-31)28-8-5-4-6-9-28;1-2/h3-25H,2H2,1H3;1-2H2/b7-3-;. The third-order valence-corrected chi connectivity index (χ3v) is 7.40. The molecule has 2 aromatic heterocycles. The van der Waals surface area contributed by atoms with Crippen LogP contribution >= 0.6 is 0 Å². The highest BCUT2D eigenvalue weighted by Gasteiger charge is 2.13. The van der Waals surface area contributed by atoms with Crippen LogP contribution in [0.2, 0.25) is 0 Å². The maximum atomic E-state index is 6.06. The number of hydrogen-bond donors (Lipinski definition) is 0. The lowest BCUT2D eigenvalue weighted by atomic mass is 10.0. The van der Waals surface area contributed by atoms with Crippen LogP contribution in [0.1, 0.15) is 12.5 Å². The van der Waals surface area contributed by atoms with Crippen molar-refractivity contribution in [3.63, 3.8) is 0 Å². The van der Waals surface area contributed by atoms with Crippen LogP contribution < -0.4 is 4.74 Å². The van der Waals surface area contributed by atoms with Crippen molar-refractivity contribution in [2.75, 3.05) is 0 Å². The Bertz CT molecular complexity index is 2130. The van der Waals surface area contributed by atoms with Gasteiger partial charge in [0.1, 0.15) is 11.5 Å². The second-order valence-electron chi connectivity index (χ2n) is 10.5. The number of nitrogens with zero attached hydrogens (tertiary/aromatic N) is 4. The van der Waals surface area contributed by atoms with Gasteiger partial charge in [-0.3, -0.25) is 0 Å². The Hall–Kier alpha value is -6.60. The molecule has 0 radical (unpaired) electrons. The van der Waals surface area contributed by atoms with Gasteiger partial charge in [-0.25, -0.2) is 0 Å². The van der Waals surface area contributed by atoms with E-state index in [-0.39, 0.29) is 0 Å². The summed E-state index contributed by atoms with van der Waals surface area (Å²) >= 11 is 0. The van der Waals surface area contributed by atoms with E-state index >= 15 is 0 Å². The molecule has 0 atom stereocenters. The van der Waals surface area contributed by atoms with E-state index < -0.39 is 0 Å². The minimum Gasteiger partial charge on any atom is -0.457 e. The molecule has 5 aromatic carbocycles. The van der Waals surface area contributed by atoms with Crippen LogP contribution in [0.5, 0.6) is 11.5 Å². The molecular formula is C41H32N4O3. The average molecular weight is 629 g/mol. The maximum absolute atomic E-state index is 6.06. The van der Waals surface area contributed by atoms with E-state index in [9.17, 15) is 0 Å². The summed E-state index contributed by atoms with van der Waals surface area (Å²) in [4.78, 5) is 0. The second-order valence-corrected chi connectivity index (χ2v) is 10.5. The lowest BCUT2D eigenvalue weighted by Crippen LogP contribution is -1.85. The van der Waals surface area contributed by atoms with Gasteiger partial charge in [-0.15, -0.1) is 33.6 Å². The van der Waals surface area contributed by atoms with E-state index in [1.54, 1.807) is 0 Å². The third-order valence-electron chi connectivity index (χ3n) is 7.40. The Kier molecular flexibility index (Phi) is 9.59. The molecule has 2 heterocycles. The molecule has 0 fully saturated rings. The van der Waals surface area contributed by atoms with Crippen molar-refractivity contribution in [2.45, 2.75) is 6.92 Å². The summed E-state index contributed by atoms with van der Waals surface area (Å²) in [6, 6.07) is 41.2. The summed E-state index contributed by atoms with van der Waals surface area (Å²) in [5, 5.41) is 17.0. The number of benzene rings is 5. The Morgan fingerprint density at radius 2 is 0.854 bits per heavy atom. The van der Waals surface area contributed by atoms with E-state index in [1.807, 2.05) is 122 Å². The van der Waals surface area contributed by atoms with Gasteiger partial charge in [0, 0.05) is 22.3 Å². The van der Waals surface area contributed by atoms with Crippen LogP contribution in [-0.2, 0) is 0 Å². The first-order valence-corrected chi connectivity index (χ1v) is 15.3. The summed E-state index contributed by atoms with van der Waals surface area (Å²) in [5.74, 6) is 3.13. The molecule has 48 heavy (non-hydrogen) atoms. The fourth-order valence-corrected chi connectivity index (χ4v) is 4.94. The summed E-state index contributed by atoms with van der Waals surface area (Å²) in [6.45, 7) is 12.0. The molecule has 0 saturated carbocycles. The van der Waals surface area contributed by atoms with Crippen LogP contribution in [0, 0.1) is 0 Å². The van der Waals surface area contributed by atoms with Gasteiger partial charge >= 0.3 is 0 Å². The third kappa shape index (κ3) is 7.11. The Labute approximate surface area is 279 Å². The van der Waals surface area contributed by atoms with Crippen molar-refractivity contribution in [2.24, 2.45) is 0 Å². The van der Waals surface area contributed by atoms with Crippen molar-refractivity contribution in [3.05, 3.63) is 165 Å². The average Bonchev–Trinajstić information content (AvgIpc) is 3.86. The predicted octanol–water partition coefficient (Wildman–Crippen LogP) is 11.0. The smallest absolute Gasteiger partial charge is 0.248 e. The molecule has 0 unspecified atom stereocenters. The van der Waals surface area contributed by atoms with E-state index in [2.05, 4.69) is 64.4 Å². The van der Waals surface area contributed by atoms with E-state index in [1.165, 1.54) is 0 Å². The van der Waals surface area contributed by atoms with Gasteiger partial charge in [-0.05, 0) is 102 Å². The van der Waals surface area contributed by atoms with Gasteiger partial charge in [-0.1, -0.05) is 73.3 Å². The van der Waals surface area contributed by atoms with Gasteiger partial charge in [0.25, 0.3) is 0 Å². The normalized spacial score (nSPS) is 10.8. The summed E-state index contributed by atoms with van der Waals surface area (Å²) < 4.78 is 18.0. The molecule has 0 aliphatic carbocycles. The van der Waals surface area contributed by atoms with Crippen LogP contribution in [0.3, 0.4) is 0 Å². The molecule has 0 spiro atoms. The van der Waals surface area contributed by atoms with Crippen LogP contribution in [-0.4, -0.2) is 20.4 Å². The molecule has 0 bridgehead atoms. The zero-order valence-corrected chi connectivity index (χ0v) is 26.4. The zero-order valence-electron chi connectivity index (χ0n) is 26.4. The Morgan fingerprint density at radius 1 is 0.500 bits per heavy atom. The molecule has 7 heteroatoms. The largest absolute Gasteiger partial charge is 0.457 e. The number of rotatable bonds is 9. The highest BCUT2D eigenvalue weighted by Crippen LogP contribution is 2.31. The van der Waals surface area contributed by atoms with Crippen LogP contribution in [0.25, 0.3) is 62.5 Å². The lowest BCUT2D eigenvalue weighted by molar-refractivity contribution is 0.482. The fourth-order valence-electron chi connectivity index (χ4n) is 4.94. The first-order valence-electron chi connectivity index (χ1n) is 15.3. The van der Waals surface area contributed by atoms with Crippen molar-refractivity contribution in [1.82, 2.24) is 20.4 Å². The molecule has 234 valence electrons. The number of aromatic nitrogens is 4. The Balaban J connectivity index is 0.00000197. The second kappa shape index (κ2) is 14.7. The van der Waals surface area contributed by atoms with E-state index in [0.29, 0.717) is 35.1 Å². The Morgan fingerprint density at radius 3 is 1.27 bits per heavy atom. The molecule has 0 amide bonds. The highest BCUT2D eigenvalue weighted by atomic mass is 16.5. The summed E-state index contributed by atoms with van der Waals surface area (Å²) in [7, 11) is 0. The van der Waals surface area contributed by atoms with Crippen molar-refractivity contribution >= 4 is 5.57 Å². The first kappa shape index (κ1) is 31.4. The molecule has 0 saturated heterocycles. The maximum Gasteiger partial charge on any atom is 0.248 e. The first-order chi connectivity index (χ1) is 23.6. The minimum absolute atomic E-state index is 0.430. The molecule has 7 nitrogen and oxygen atoms in total. The van der Waals surface area contributed by atoms with Crippen molar-refractivity contribution in [1.29, 1.82) is 0 Å². The summed E-state index contributed by atoms with van der Waals surface area (Å²) in [5.41, 5.74) is 7.56. The van der Waals surface area contributed by atoms with Gasteiger partial charge in [0.2, 0.25) is 23.6 Å². The lowest BCUT2D eigenvalue weighted by Gasteiger charge is -2.06.